The molecule has 46 heavy (non-hydrogen) atoms. The lowest BCUT2D eigenvalue weighted by Gasteiger charge is -2.36. The minimum atomic E-state index is -0.0513. The average Bonchev–Trinajstić information content (AvgIpc) is 3.32. The van der Waals surface area contributed by atoms with E-state index in [4.69, 9.17) is 0 Å². The van der Waals surface area contributed by atoms with Crippen LogP contribution in [0.4, 0.5) is 22.7 Å². The van der Waals surface area contributed by atoms with Crippen LogP contribution in [0.1, 0.15) is 30.5 Å². The second-order valence-electron chi connectivity index (χ2n) is 13.6. The standard InChI is InChI=1S/C44H36N2/c1-27-21-23-31-34(25-27)42(33-16-12-18-36-43(33)32-15-8-9-17-35(32)44(36,2)3)30-14-7-6-13-29(30)41(31)28-22-24-39-40(26-28)46(5)38-20-11-10-19-37(38)45(39)4/h6-26H,1-5H3. The van der Waals surface area contributed by atoms with Gasteiger partial charge in [-0.15, -0.1) is 0 Å². The molecule has 222 valence electrons. The normalized spacial score (nSPS) is 14.3. The van der Waals surface area contributed by atoms with E-state index < -0.39 is 0 Å². The third-order valence-corrected chi connectivity index (χ3v) is 10.6. The molecule has 0 amide bonds. The van der Waals surface area contributed by atoms with Gasteiger partial charge in [0.2, 0.25) is 0 Å². The molecule has 0 saturated heterocycles. The van der Waals surface area contributed by atoms with Gasteiger partial charge in [0.25, 0.3) is 0 Å². The van der Waals surface area contributed by atoms with Crippen LogP contribution in [0.15, 0.2) is 127 Å². The molecule has 0 N–H and O–H groups in total. The van der Waals surface area contributed by atoms with Crippen molar-refractivity contribution < 1.29 is 0 Å². The lowest BCUT2D eigenvalue weighted by Crippen LogP contribution is -2.24. The number of hydrogen-bond donors (Lipinski definition) is 0. The van der Waals surface area contributed by atoms with Crippen molar-refractivity contribution in [1.82, 2.24) is 0 Å². The predicted octanol–water partition coefficient (Wildman–Crippen LogP) is 11.8. The fourth-order valence-corrected chi connectivity index (χ4v) is 8.38. The van der Waals surface area contributed by atoms with E-state index >= 15 is 0 Å². The van der Waals surface area contributed by atoms with Gasteiger partial charge in [0.15, 0.2) is 0 Å². The molecule has 0 bridgehead atoms. The maximum atomic E-state index is 2.40. The number of hydrogen-bond acceptors (Lipinski definition) is 2. The first-order valence-corrected chi connectivity index (χ1v) is 16.2. The second kappa shape index (κ2) is 9.58. The minimum Gasteiger partial charge on any atom is -0.341 e. The largest absolute Gasteiger partial charge is 0.341 e. The van der Waals surface area contributed by atoms with Crippen molar-refractivity contribution >= 4 is 44.3 Å². The fraction of sp³-hybridized carbons (Fsp3) is 0.136. The van der Waals surface area contributed by atoms with Gasteiger partial charge in [-0.05, 0) is 97.2 Å². The molecule has 0 radical (unpaired) electrons. The SMILES string of the molecule is Cc1ccc2c(-c3ccc4c(c3)N(C)c3ccccc3N4C)c3ccccc3c(-c3cccc4c3-c3ccccc3C4(C)C)c2c1. The smallest absolute Gasteiger partial charge is 0.0656 e. The van der Waals surface area contributed by atoms with E-state index in [1.807, 2.05) is 0 Å². The Bertz CT molecular complexity index is 2400. The summed E-state index contributed by atoms with van der Waals surface area (Å²) in [6, 6.07) is 47.7. The van der Waals surface area contributed by atoms with E-state index in [2.05, 4.69) is 172 Å². The van der Waals surface area contributed by atoms with Gasteiger partial charge < -0.3 is 9.80 Å². The Morgan fingerprint density at radius 3 is 1.80 bits per heavy atom. The predicted molar refractivity (Wildman–Crippen MR) is 197 cm³/mol. The van der Waals surface area contributed by atoms with Crippen LogP contribution in [0.5, 0.6) is 0 Å². The van der Waals surface area contributed by atoms with Crippen LogP contribution in [0, 0.1) is 6.92 Å². The molecule has 0 fully saturated rings. The molecule has 0 unspecified atom stereocenters. The summed E-state index contributed by atoms with van der Waals surface area (Å²) in [5.74, 6) is 0. The molecule has 0 aromatic heterocycles. The van der Waals surface area contributed by atoms with Crippen LogP contribution in [0.3, 0.4) is 0 Å². The zero-order valence-corrected chi connectivity index (χ0v) is 27.0. The van der Waals surface area contributed by atoms with Gasteiger partial charge in [-0.3, -0.25) is 0 Å². The first-order valence-electron chi connectivity index (χ1n) is 16.2. The molecule has 7 aromatic carbocycles. The third-order valence-electron chi connectivity index (χ3n) is 10.6. The molecule has 1 aliphatic carbocycles. The van der Waals surface area contributed by atoms with Crippen LogP contribution < -0.4 is 9.80 Å². The van der Waals surface area contributed by atoms with Crippen LogP contribution in [-0.2, 0) is 5.41 Å². The molecule has 0 saturated carbocycles. The van der Waals surface area contributed by atoms with Gasteiger partial charge in [0, 0.05) is 19.5 Å². The minimum absolute atomic E-state index is 0.0513. The maximum Gasteiger partial charge on any atom is 0.0656 e. The molecule has 0 atom stereocenters. The van der Waals surface area contributed by atoms with Crippen molar-refractivity contribution in [2.45, 2.75) is 26.2 Å². The summed E-state index contributed by atoms with van der Waals surface area (Å²) in [6.07, 6.45) is 0. The van der Waals surface area contributed by atoms with Crippen molar-refractivity contribution in [3.05, 3.63) is 144 Å². The number of aryl methyl sites for hydroxylation is 1. The summed E-state index contributed by atoms with van der Waals surface area (Å²) in [5.41, 5.74) is 16.8. The van der Waals surface area contributed by atoms with E-state index in [1.54, 1.807) is 0 Å². The molecule has 2 aliphatic rings. The highest BCUT2D eigenvalue weighted by Crippen LogP contribution is 2.55. The Morgan fingerprint density at radius 1 is 0.435 bits per heavy atom. The fourth-order valence-electron chi connectivity index (χ4n) is 8.38. The van der Waals surface area contributed by atoms with E-state index in [-0.39, 0.29) is 5.41 Å². The molecule has 2 nitrogen and oxygen atoms in total. The Balaban J connectivity index is 1.36. The molecular formula is C44H36N2. The van der Waals surface area contributed by atoms with Gasteiger partial charge in [-0.25, -0.2) is 0 Å². The number of nitrogens with zero attached hydrogens (tertiary/aromatic N) is 2. The Morgan fingerprint density at radius 2 is 1.02 bits per heavy atom. The van der Waals surface area contributed by atoms with Crippen molar-refractivity contribution in [3.63, 3.8) is 0 Å². The summed E-state index contributed by atoms with van der Waals surface area (Å²) < 4.78 is 0. The highest BCUT2D eigenvalue weighted by Gasteiger charge is 2.37. The quantitative estimate of drug-likeness (QED) is 0.184. The summed E-state index contributed by atoms with van der Waals surface area (Å²) in [6.45, 7) is 6.95. The van der Waals surface area contributed by atoms with Crippen LogP contribution in [-0.4, -0.2) is 14.1 Å². The highest BCUT2D eigenvalue weighted by atomic mass is 15.2. The number of benzene rings is 7. The van der Waals surface area contributed by atoms with E-state index in [9.17, 15) is 0 Å². The van der Waals surface area contributed by atoms with E-state index in [0.717, 1.165) is 0 Å². The Kier molecular flexibility index (Phi) is 5.63. The van der Waals surface area contributed by atoms with Gasteiger partial charge in [0.05, 0.1) is 22.7 Å². The second-order valence-corrected chi connectivity index (χ2v) is 13.6. The lowest BCUT2D eigenvalue weighted by molar-refractivity contribution is 0.660. The van der Waals surface area contributed by atoms with Crippen LogP contribution in [0.2, 0.25) is 0 Å². The monoisotopic (exact) mass is 592 g/mol. The zero-order valence-electron chi connectivity index (χ0n) is 27.0. The Labute approximate surface area is 271 Å². The summed E-state index contributed by atoms with van der Waals surface area (Å²) in [5, 5.41) is 5.16. The number of fused-ring (bicyclic) bond motifs is 7. The molecule has 1 aliphatic heterocycles. The van der Waals surface area contributed by atoms with Gasteiger partial charge in [-0.2, -0.15) is 0 Å². The molecule has 9 rings (SSSR count). The summed E-state index contributed by atoms with van der Waals surface area (Å²) >= 11 is 0. The van der Waals surface area contributed by atoms with Crippen LogP contribution in [0.25, 0.3) is 54.9 Å². The third kappa shape index (κ3) is 3.59. The Hall–Kier alpha value is -5.34. The molecule has 1 heterocycles. The lowest BCUT2D eigenvalue weighted by atomic mass is 9.80. The number of rotatable bonds is 2. The number of anilines is 4. The van der Waals surface area contributed by atoms with Gasteiger partial charge in [-0.1, -0.05) is 123 Å². The number of para-hydroxylation sites is 2. The van der Waals surface area contributed by atoms with E-state index in [0.29, 0.717) is 0 Å². The van der Waals surface area contributed by atoms with Crippen molar-refractivity contribution in [1.29, 1.82) is 0 Å². The average molecular weight is 593 g/mol. The molecular weight excluding hydrogens is 556 g/mol. The molecule has 2 heteroatoms. The van der Waals surface area contributed by atoms with Gasteiger partial charge in [0.1, 0.15) is 0 Å². The molecule has 7 aromatic rings. The molecule has 0 spiro atoms. The summed E-state index contributed by atoms with van der Waals surface area (Å²) in [4.78, 5) is 4.65. The topological polar surface area (TPSA) is 6.48 Å². The first kappa shape index (κ1) is 27.0. The van der Waals surface area contributed by atoms with Crippen molar-refractivity contribution in [2.24, 2.45) is 0 Å². The van der Waals surface area contributed by atoms with Crippen LogP contribution >= 0.6 is 0 Å². The van der Waals surface area contributed by atoms with E-state index in [1.165, 1.54) is 94.4 Å². The zero-order chi connectivity index (χ0) is 31.3. The van der Waals surface area contributed by atoms with Crippen molar-refractivity contribution in [2.75, 3.05) is 23.9 Å². The maximum absolute atomic E-state index is 2.40. The van der Waals surface area contributed by atoms with Crippen molar-refractivity contribution in [3.8, 4) is 33.4 Å². The van der Waals surface area contributed by atoms with Gasteiger partial charge >= 0.3 is 0 Å². The first-order chi connectivity index (χ1) is 22.3. The summed E-state index contributed by atoms with van der Waals surface area (Å²) in [7, 11) is 4.36. The highest BCUT2D eigenvalue weighted by molar-refractivity contribution is 6.23.